The third-order valence-electron chi connectivity index (χ3n) is 3.89. The molecule has 5 heteroatoms. The molecule has 1 unspecified atom stereocenters. The van der Waals surface area contributed by atoms with E-state index >= 15 is 0 Å². The molecule has 0 bridgehead atoms. The van der Waals surface area contributed by atoms with Crippen LogP contribution in [-0.4, -0.2) is 43.0 Å². The third-order valence-corrected chi connectivity index (χ3v) is 3.89. The highest BCUT2D eigenvalue weighted by Crippen LogP contribution is 2.15. The molecule has 120 valence electrons. The van der Waals surface area contributed by atoms with Crippen LogP contribution in [0, 0.1) is 0 Å². The monoisotopic (exact) mass is 304 g/mol. The zero-order valence-corrected chi connectivity index (χ0v) is 13.3. The van der Waals surface area contributed by atoms with E-state index in [4.69, 9.17) is 4.74 Å². The first-order valence-electron chi connectivity index (χ1n) is 7.82. The zero-order valence-electron chi connectivity index (χ0n) is 13.3. The molecule has 0 radical (unpaired) electrons. The number of hydrogen-bond acceptors (Lipinski definition) is 3. The largest absolute Gasteiger partial charge is 0.497 e. The molecule has 0 aromatic heterocycles. The minimum atomic E-state index is -0.0394. The molecule has 22 heavy (non-hydrogen) atoms. The van der Waals surface area contributed by atoms with Crippen molar-refractivity contribution in [1.29, 1.82) is 0 Å². The number of carbonyl (C=O) groups excluding carboxylic acids is 2. The van der Waals surface area contributed by atoms with E-state index in [0.29, 0.717) is 25.9 Å². The molecule has 1 aliphatic heterocycles. The van der Waals surface area contributed by atoms with E-state index in [1.807, 2.05) is 36.1 Å². The Balaban J connectivity index is 1.80. The standard InChI is InChI=1S/C17H24N2O3/c1-3-4-16(20)18-14-11-17(21)19(12-14)10-9-13-5-7-15(22-2)8-6-13/h5-8,14H,3-4,9-12H2,1-2H3,(H,18,20). The van der Waals surface area contributed by atoms with Crippen LogP contribution >= 0.6 is 0 Å². The first kappa shape index (κ1) is 16.3. The highest BCUT2D eigenvalue weighted by molar-refractivity contribution is 5.82. The van der Waals surface area contributed by atoms with Gasteiger partial charge in [0, 0.05) is 25.9 Å². The van der Waals surface area contributed by atoms with E-state index in [-0.39, 0.29) is 17.9 Å². The molecule has 2 rings (SSSR count). The average molecular weight is 304 g/mol. The molecule has 1 fully saturated rings. The molecule has 0 aliphatic carbocycles. The van der Waals surface area contributed by atoms with Crippen molar-refractivity contribution in [2.45, 2.75) is 38.6 Å². The van der Waals surface area contributed by atoms with Crippen molar-refractivity contribution < 1.29 is 14.3 Å². The van der Waals surface area contributed by atoms with Gasteiger partial charge in [0.1, 0.15) is 5.75 Å². The Bertz CT molecular complexity index is 513. The van der Waals surface area contributed by atoms with Crippen LogP contribution < -0.4 is 10.1 Å². The molecule has 1 N–H and O–H groups in total. The van der Waals surface area contributed by atoms with Crippen molar-refractivity contribution in [2.24, 2.45) is 0 Å². The Labute approximate surface area is 131 Å². The van der Waals surface area contributed by atoms with Gasteiger partial charge in [0.25, 0.3) is 0 Å². The van der Waals surface area contributed by atoms with Crippen molar-refractivity contribution in [1.82, 2.24) is 10.2 Å². The number of nitrogens with zero attached hydrogens (tertiary/aromatic N) is 1. The van der Waals surface area contributed by atoms with E-state index in [0.717, 1.165) is 18.6 Å². The molecule has 1 atom stereocenters. The van der Waals surface area contributed by atoms with Crippen LogP contribution in [0.2, 0.25) is 0 Å². The van der Waals surface area contributed by atoms with Crippen molar-refractivity contribution in [3.8, 4) is 5.75 Å². The quantitative estimate of drug-likeness (QED) is 0.835. The fourth-order valence-electron chi connectivity index (χ4n) is 2.67. The van der Waals surface area contributed by atoms with E-state index in [2.05, 4.69) is 5.32 Å². The summed E-state index contributed by atoms with van der Waals surface area (Å²) in [7, 11) is 1.64. The highest BCUT2D eigenvalue weighted by atomic mass is 16.5. The summed E-state index contributed by atoms with van der Waals surface area (Å²) in [6.07, 6.45) is 2.58. The van der Waals surface area contributed by atoms with Crippen LogP contribution in [0.15, 0.2) is 24.3 Å². The number of carbonyl (C=O) groups is 2. The van der Waals surface area contributed by atoms with Gasteiger partial charge in [-0.05, 0) is 30.5 Å². The van der Waals surface area contributed by atoms with Gasteiger partial charge in [-0.3, -0.25) is 9.59 Å². The molecular weight excluding hydrogens is 280 g/mol. The number of benzene rings is 1. The van der Waals surface area contributed by atoms with Gasteiger partial charge < -0.3 is 15.0 Å². The van der Waals surface area contributed by atoms with Crippen LogP contribution in [0.3, 0.4) is 0 Å². The van der Waals surface area contributed by atoms with Crippen molar-refractivity contribution in [2.75, 3.05) is 20.2 Å². The first-order chi connectivity index (χ1) is 10.6. The first-order valence-corrected chi connectivity index (χ1v) is 7.82. The van der Waals surface area contributed by atoms with E-state index in [1.54, 1.807) is 7.11 Å². The van der Waals surface area contributed by atoms with Crippen molar-refractivity contribution in [3.05, 3.63) is 29.8 Å². The van der Waals surface area contributed by atoms with Crippen LogP contribution in [0.4, 0.5) is 0 Å². The third kappa shape index (κ3) is 4.48. The predicted octanol–water partition coefficient (Wildman–Crippen LogP) is 1.75. The van der Waals surface area contributed by atoms with Crippen LogP contribution in [-0.2, 0) is 16.0 Å². The van der Waals surface area contributed by atoms with Gasteiger partial charge in [-0.1, -0.05) is 19.1 Å². The minimum absolute atomic E-state index is 0.0392. The second-order valence-electron chi connectivity index (χ2n) is 5.66. The van der Waals surface area contributed by atoms with Crippen molar-refractivity contribution in [3.63, 3.8) is 0 Å². The number of rotatable bonds is 7. The molecule has 1 heterocycles. The highest BCUT2D eigenvalue weighted by Gasteiger charge is 2.29. The summed E-state index contributed by atoms with van der Waals surface area (Å²) in [5.74, 6) is 0.993. The Morgan fingerprint density at radius 2 is 2.09 bits per heavy atom. The minimum Gasteiger partial charge on any atom is -0.497 e. The van der Waals surface area contributed by atoms with E-state index in [1.165, 1.54) is 5.56 Å². The predicted molar refractivity (Wildman–Crippen MR) is 84.7 cm³/mol. The average Bonchev–Trinajstić information content (AvgIpc) is 2.85. The summed E-state index contributed by atoms with van der Waals surface area (Å²) in [5, 5.41) is 2.94. The Morgan fingerprint density at radius 1 is 1.36 bits per heavy atom. The van der Waals surface area contributed by atoms with Gasteiger partial charge in [-0.25, -0.2) is 0 Å². The lowest BCUT2D eigenvalue weighted by Gasteiger charge is -2.17. The lowest BCUT2D eigenvalue weighted by molar-refractivity contribution is -0.127. The van der Waals surface area contributed by atoms with Crippen LogP contribution in [0.5, 0.6) is 5.75 Å². The maximum atomic E-state index is 12.0. The van der Waals surface area contributed by atoms with Gasteiger partial charge in [0.15, 0.2) is 0 Å². The zero-order chi connectivity index (χ0) is 15.9. The molecule has 1 aromatic rings. The Kier molecular flexibility index (Phi) is 5.81. The summed E-state index contributed by atoms with van der Waals surface area (Å²) in [5.41, 5.74) is 1.17. The number of amides is 2. The summed E-state index contributed by atoms with van der Waals surface area (Å²) in [4.78, 5) is 25.4. The van der Waals surface area contributed by atoms with Crippen LogP contribution in [0.1, 0.15) is 31.7 Å². The summed E-state index contributed by atoms with van der Waals surface area (Å²) in [6, 6.07) is 7.84. The number of likely N-dealkylation sites (tertiary alicyclic amines) is 1. The molecule has 1 aromatic carbocycles. The Hall–Kier alpha value is -2.04. The normalized spacial score (nSPS) is 17.6. The smallest absolute Gasteiger partial charge is 0.224 e. The van der Waals surface area contributed by atoms with Gasteiger partial charge in [0.2, 0.25) is 11.8 Å². The van der Waals surface area contributed by atoms with E-state index < -0.39 is 0 Å². The fraction of sp³-hybridized carbons (Fsp3) is 0.529. The number of nitrogens with one attached hydrogen (secondary N) is 1. The summed E-state index contributed by atoms with van der Waals surface area (Å²) in [6.45, 7) is 3.27. The summed E-state index contributed by atoms with van der Waals surface area (Å²) < 4.78 is 5.13. The van der Waals surface area contributed by atoms with Crippen LogP contribution in [0.25, 0.3) is 0 Å². The van der Waals surface area contributed by atoms with Gasteiger partial charge in [-0.2, -0.15) is 0 Å². The molecule has 0 spiro atoms. The second kappa shape index (κ2) is 7.82. The maximum Gasteiger partial charge on any atom is 0.224 e. The van der Waals surface area contributed by atoms with E-state index in [9.17, 15) is 9.59 Å². The second-order valence-corrected chi connectivity index (χ2v) is 5.66. The van der Waals surface area contributed by atoms with Gasteiger partial charge >= 0.3 is 0 Å². The van der Waals surface area contributed by atoms with Gasteiger partial charge in [-0.15, -0.1) is 0 Å². The molecule has 1 saturated heterocycles. The maximum absolute atomic E-state index is 12.0. The Morgan fingerprint density at radius 3 is 2.73 bits per heavy atom. The number of ether oxygens (including phenoxy) is 1. The molecule has 2 amide bonds. The van der Waals surface area contributed by atoms with Gasteiger partial charge in [0.05, 0.1) is 13.2 Å². The number of methoxy groups -OCH3 is 1. The SMILES string of the molecule is CCCC(=O)NC1CC(=O)N(CCc2ccc(OC)cc2)C1. The lowest BCUT2D eigenvalue weighted by atomic mass is 10.1. The molecule has 5 nitrogen and oxygen atoms in total. The summed E-state index contributed by atoms with van der Waals surface area (Å²) >= 11 is 0. The lowest BCUT2D eigenvalue weighted by Crippen LogP contribution is -2.37. The fourth-order valence-corrected chi connectivity index (χ4v) is 2.67. The van der Waals surface area contributed by atoms with Crippen molar-refractivity contribution >= 4 is 11.8 Å². The molecule has 1 aliphatic rings. The topological polar surface area (TPSA) is 58.6 Å². The molecule has 0 saturated carbocycles. The molecular formula is C17H24N2O3. The number of hydrogen-bond donors (Lipinski definition) is 1.